The Hall–Kier alpha value is -1.10. The zero-order valence-corrected chi connectivity index (χ0v) is 12.1. The van der Waals surface area contributed by atoms with Crippen molar-refractivity contribution in [2.45, 2.75) is 38.0 Å². The van der Waals surface area contributed by atoms with Gasteiger partial charge < -0.3 is 19.5 Å². The number of aryl methyl sites for hydroxylation is 1. The Kier molecular flexibility index (Phi) is 4.55. The fraction of sp³-hybridized carbons (Fsp3) is 0.625. The molecule has 0 spiro atoms. The number of ether oxygens (including phenoxy) is 3. The summed E-state index contributed by atoms with van der Waals surface area (Å²) >= 11 is 0. The van der Waals surface area contributed by atoms with Gasteiger partial charge in [-0.15, -0.1) is 0 Å². The normalized spacial score (nSPS) is 19.9. The molecule has 110 valence electrons. The lowest BCUT2D eigenvalue weighted by atomic mass is 10.0. The molecule has 2 heterocycles. The smallest absolute Gasteiger partial charge is 0.159 e. The molecule has 20 heavy (non-hydrogen) atoms. The van der Waals surface area contributed by atoms with Crippen LogP contribution in [0, 0.1) is 0 Å². The lowest BCUT2D eigenvalue weighted by molar-refractivity contribution is -0.0527. The molecule has 1 atom stereocenters. The highest BCUT2D eigenvalue weighted by Gasteiger charge is 2.20. The average Bonchev–Trinajstić information content (AvgIpc) is 3.13. The summed E-state index contributed by atoms with van der Waals surface area (Å²) in [6.07, 6.45) is 4.11. The number of fused-ring (bicyclic) bond motifs is 1. The summed E-state index contributed by atoms with van der Waals surface area (Å²) in [6.45, 7) is 2.28. The van der Waals surface area contributed by atoms with Crippen molar-refractivity contribution in [1.82, 2.24) is 5.32 Å². The molecule has 0 bridgehead atoms. The molecule has 0 aromatic heterocycles. The summed E-state index contributed by atoms with van der Waals surface area (Å²) in [6, 6.07) is 7.01. The zero-order chi connectivity index (χ0) is 13.8. The molecule has 1 aromatic carbocycles. The van der Waals surface area contributed by atoms with Crippen LogP contribution in [0.3, 0.4) is 0 Å². The second-order valence-electron chi connectivity index (χ2n) is 5.47. The van der Waals surface area contributed by atoms with E-state index in [0.29, 0.717) is 6.04 Å². The molecule has 1 N–H and O–H groups in total. The Bertz CT molecular complexity index is 443. The molecule has 4 heteroatoms. The first-order valence-electron chi connectivity index (χ1n) is 7.50. The number of benzene rings is 1. The van der Waals surface area contributed by atoms with Crippen molar-refractivity contribution >= 4 is 0 Å². The monoisotopic (exact) mass is 277 g/mol. The maximum absolute atomic E-state index is 5.54. The van der Waals surface area contributed by atoms with E-state index < -0.39 is 0 Å². The first-order chi connectivity index (χ1) is 9.85. The van der Waals surface area contributed by atoms with E-state index in [2.05, 4.69) is 23.5 Å². The summed E-state index contributed by atoms with van der Waals surface area (Å²) in [5.74, 6) is 1.06. The quantitative estimate of drug-likeness (QED) is 0.862. The summed E-state index contributed by atoms with van der Waals surface area (Å²) in [7, 11) is 2.01. The van der Waals surface area contributed by atoms with Gasteiger partial charge in [-0.05, 0) is 37.1 Å². The lowest BCUT2D eigenvalue weighted by Crippen LogP contribution is -2.30. The van der Waals surface area contributed by atoms with Crippen LogP contribution in [0.1, 0.15) is 24.0 Å². The topological polar surface area (TPSA) is 39.7 Å². The summed E-state index contributed by atoms with van der Waals surface area (Å²) < 4.78 is 16.6. The molecule has 2 aliphatic heterocycles. The van der Waals surface area contributed by atoms with Gasteiger partial charge in [0.25, 0.3) is 0 Å². The minimum Gasteiger partial charge on any atom is -0.493 e. The maximum Gasteiger partial charge on any atom is 0.159 e. The number of rotatable bonds is 6. The molecular formula is C16H23NO3. The van der Waals surface area contributed by atoms with Gasteiger partial charge in [0.1, 0.15) is 5.75 Å². The van der Waals surface area contributed by atoms with Crippen LogP contribution in [-0.2, 0) is 22.3 Å². The van der Waals surface area contributed by atoms with Crippen LogP contribution in [0.25, 0.3) is 0 Å². The van der Waals surface area contributed by atoms with E-state index in [9.17, 15) is 0 Å². The first kappa shape index (κ1) is 13.9. The van der Waals surface area contributed by atoms with Crippen molar-refractivity contribution in [1.29, 1.82) is 0 Å². The van der Waals surface area contributed by atoms with Crippen LogP contribution in [0.2, 0.25) is 0 Å². The van der Waals surface area contributed by atoms with Crippen molar-refractivity contribution in [3.63, 3.8) is 0 Å². The second-order valence-corrected chi connectivity index (χ2v) is 5.47. The molecule has 0 saturated carbocycles. The fourth-order valence-electron chi connectivity index (χ4n) is 2.89. The van der Waals surface area contributed by atoms with Crippen LogP contribution in [0.4, 0.5) is 0 Å². The predicted molar refractivity (Wildman–Crippen MR) is 77.1 cm³/mol. The molecule has 1 unspecified atom stereocenters. The molecule has 4 nitrogen and oxygen atoms in total. The average molecular weight is 277 g/mol. The maximum atomic E-state index is 5.54. The van der Waals surface area contributed by atoms with Crippen LogP contribution in [0.5, 0.6) is 5.75 Å². The van der Waals surface area contributed by atoms with E-state index in [1.807, 2.05) is 7.05 Å². The van der Waals surface area contributed by atoms with Crippen molar-refractivity contribution in [3.05, 3.63) is 29.3 Å². The van der Waals surface area contributed by atoms with E-state index >= 15 is 0 Å². The van der Waals surface area contributed by atoms with E-state index in [0.717, 1.165) is 51.3 Å². The number of hydrogen-bond donors (Lipinski definition) is 1. The van der Waals surface area contributed by atoms with Crippen LogP contribution in [-0.4, -0.2) is 39.2 Å². The van der Waals surface area contributed by atoms with Gasteiger partial charge in [-0.2, -0.15) is 0 Å². The van der Waals surface area contributed by atoms with Crippen molar-refractivity contribution in [2.75, 3.05) is 26.9 Å². The van der Waals surface area contributed by atoms with Gasteiger partial charge in [-0.25, -0.2) is 0 Å². The Morgan fingerprint density at radius 1 is 1.25 bits per heavy atom. The highest BCUT2D eigenvalue weighted by atomic mass is 16.7. The molecule has 1 saturated heterocycles. The SMILES string of the molecule is CNC(CCc1ccc2c(c1)CCO2)CC1OCCO1. The lowest BCUT2D eigenvalue weighted by Gasteiger charge is -2.19. The van der Waals surface area contributed by atoms with Crippen LogP contribution in [0.15, 0.2) is 18.2 Å². The third-order valence-electron chi connectivity index (χ3n) is 4.11. The van der Waals surface area contributed by atoms with Crippen molar-refractivity contribution in [3.8, 4) is 5.75 Å². The standard InChI is InChI=1S/C16H23NO3/c1-17-14(11-16-19-8-9-20-16)4-2-12-3-5-15-13(10-12)6-7-18-15/h3,5,10,14,16-17H,2,4,6-9,11H2,1H3. The summed E-state index contributed by atoms with van der Waals surface area (Å²) in [4.78, 5) is 0. The van der Waals surface area contributed by atoms with E-state index in [1.54, 1.807) is 0 Å². The zero-order valence-electron chi connectivity index (χ0n) is 12.1. The van der Waals surface area contributed by atoms with Crippen molar-refractivity contribution in [2.24, 2.45) is 0 Å². The van der Waals surface area contributed by atoms with Gasteiger partial charge in [0.2, 0.25) is 0 Å². The van der Waals surface area contributed by atoms with E-state index in [-0.39, 0.29) is 6.29 Å². The van der Waals surface area contributed by atoms with Crippen molar-refractivity contribution < 1.29 is 14.2 Å². The van der Waals surface area contributed by atoms with Gasteiger partial charge in [0.05, 0.1) is 19.8 Å². The molecule has 2 aliphatic rings. The largest absolute Gasteiger partial charge is 0.493 e. The molecular weight excluding hydrogens is 254 g/mol. The third kappa shape index (κ3) is 3.32. The molecule has 0 aliphatic carbocycles. The van der Waals surface area contributed by atoms with Gasteiger partial charge in [-0.1, -0.05) is 12.1 Å². The Morgan fingerprint density at radius 2 is 2.10 bits per heavy atom. The number of hydrogen-bond acceptors (Lipinski definition) is 4. The highest BCUT2D eigenvalue weighted by Crippen LogP contribution is 2.26. The third-order valence-corrected chi connectivity index (χ3v) is 4.11. The Morgan fingerprint density at radius 3 is 2.90 bits per heavy atom. The van der Waals surface area contributed by atoms with E-state index in [1.165, 1.54) is 11.1 Å². The number of nitrogens with one attached hydrogen (secondary N) is 1. The molecule has 3 rings (SSSR count). The van der Waals surface area contributed by atoms with Crippen LogP contribution >= 0.6 is 0 Å². The minimum absolute atomic E-state index is 0.0270. The Balaban J connectivity index is 1.51. The first-order valence-corrected chi connectivity index (χ1v) is 7.50. The van der Waals surface area contributed by atoms with Gasteiger partial charge in [0.15, 0.2) is 6.29 Å². The van der Waals surface area contributed by atoms with E-state index in [4.69, 9.17) is 14.2 Å². The molecule has 1 fully saturated rings. The fourth-order valence-corrected chi connectivity index (χ4v) is 2.89. The molecule has 0 radical (unpaired) electrons. The summed E-state index contributed by atoms with van der Waals surface area (Å²) in [5, 5.41) is 3.37. The summed E-state index contributed by atoms with van der Waals surface area (Å²) in [5.41, 5.74) is 2.74. The van der Waals surface area contributed by atoms with Gasteiger partial charge in [0, 0.05) is 18.9 Å². The van der Waals surface area contributed by atoms with Gasteiger partial charge in [-0.3, -0.25) is 0 Å². The second kappa shape index (κ2) is 6.57. The predicted octanol–water partition coefficient (Wildman–Crippen LogP) is 1.91. The minimum atomic E-state index is -0.0270. The van der Waals surface area contributed by atoms with Crippen LogP contribution < -0.4 is 10.1 Å². The Labute approximate surface area is 120 Å². The molecule has 0 amide bonds. The highest BCUT2D eigenvalue weighted by molar-refractivity contribution is 5.39. The molecule has 1 aromatic rings. The van der Waals surface area contributed by atoms with Gasteiger partial charge >= 0.3 is 0 Å².